The van der Waals surface area contributed by atoms with Gasteiger partial charge in [0, 0.05) is 12.2 Å². The van der Waals surface area contributed by atoms with E-state index in [0.29, 0.717) is 17.0 Å². The van der Waals surface area contributed by atoms with E-state index in [1.54, 1.807) is 10.7 Å². The molecule has 0 saturated heterocycles. The molecular formula is C14H20N6OS. The van der Waals surface area contributed by atoms with E-state index in [1.807, 2.05) is 18.2 Å². The van der Waals surface area contributed by atoms with Crippen molar-refractivity contribution in [1.29, 1.82) is 0 Å². The third-order valence-corrected chi connectivity index (χ3v) is 3.41. The Morgan fingerprint density at radius 3 is 2.95 bits per heavy atom. The summed E-state index contributed by atoms with van der Waals surface area (Å²) in [6.45, 7) is 2.84. The molecule has 0 saturated carbocycles. The summed E-state index contributed by atoms with van der Waals surface area (Å²) in [7, 11) is 0. The van der Waals surface area contributed by atoms with E-state index in [2.05, 4.69) is 33.1 Å². The zero-order valence-electron chi connectivity index (χ0n) is 12.5. The number of aromatic nitrogens is 4. The molecular weight excluding hydrogens is 300 g/mol. The first-order valence-corrected chi connectivity index (χ1v) is 7.77. The molecule has 1 aromatic heterocycles. The first kappa shape index (κ1) is 16.2. The van der Waals surface area contributed by atoms with E-state index >= 15 is 0 Å². The van der Waals surface area contributed by atoms with E-state index in [0.717, 1.165) is 18.5 Å². The van der Waals surface area contributed by atoms with Gasteiger partial charge in [0.2, 0.25) is 4.77 Å². The van der Waals surface area contributed by atoms with Crippen molar-refractivity contribution in [3.05, 3.63) is 29.0 Å². The van der Waals surface area contributed by atoms with Crippen molar-refractivity contribution in [2.24, 2.45) is 0 Å². The fraction of sp³-hybridized carbons (Fsp3) is 0.429. The molecule has 2 amide bonds. The van der Waals surface area contributed by atoms with Crippen molar-refractivity contribution < 1.29 is 4.79 Å². The molecule has 0 bridgehead atoms. The Bertz CT molecular complexity index is 665. The number of carbonyl (C=O) groups excluding carboxylic acids is 1. The molecule has 2 rings (SSSR count). The van der Waals surface area contributed by atoms with Crippen molar-refractivity contribution in [2.45, 2.75) is 32.6 Å². The van der Waals surface area contributed by atoms with Crippen molar-refractivity contribution >= 4 is 23.9 Å². The molecule has 1 heterocycles. The number of tetrazole rings is 1. The topological polar surface area (TPSA) is 87.6 Å². The van der Waals surface area contributed by atoms with Gasteiger partial charge < -0.3 is 10.6 Å². The van der Waals surface area contributed by atoms with E-state index in [9.17, 15) is 4.79 Å². The van der Waals surface area contributed by atoms with Crippen LogP contribution in [0.1, 0.15) is 32.6 Å². The number of unbranched alkanes of at least 4 members (excludes halogenated alkanes) is 3. The van der Waals surface area contributed by atoms with Gasteiger partial charge in [-0.2, -0.15) is 5.21 Å². The fourth-order valence-electron chi connectivity index (χ4n) is 2.02. The second-order valence-electron chi connectivity index (χ2n) is 4.91. The third kappa shape index (κ3) is 4.66. The van der Waals surface area contributed by atoms with Crippen molar-refractivity contribution in [3.8, 4) is 5.69 Å². The zero-order valence-corrected chi connectivity index (χ0v) is 13.3. The van der Waals surface area contributed by atoms with Gasteiger partial charge in [-0.3, -0.25) is 0 Å². The zero-order chi connectivity index (χ0) is 15.8. The maximum atomic E-state index is 11.8. The lowest BCUT2D eigenvalue weighted by Crippen LogP contribution is -2.29. The molecule has 22 heavy (non-hydrogen) atoms. The summed E-state index contributed by atoms with van der Waals surface area (Å²) in [6.07, 6.45) is 4.52. The average molecular weight is 320 g/mol. The maximum absolute atomic E-state index is 11.8. The number of nitrogens with one attached hydrogen (secondary N) is 3. The third-order valence-electron chi connectivity index (χ3n) is 3.15. The highest BCUT2D eigenvalue weighted by molar-refractivity contribution is 7.71. The van der Waals surface area contributed by atoms with Gasteiger partial charge in [-0.25, -0.2) is 9.48 Å². The molecule has 0 aliphatic carbocycles. The maximum Gasteiger partial charge on any atom is 0.319 e. The van der Waals surface area contributed by atoms with Crippen LogP contribution in [0.4, 0.5) is 10.5 Å². The molecule has 7 nitrogen and oxygen atoms in total. The Hall–Kier alpha value is -2.22. The van der Waals surface area contributed by atoms with Crippen LogP contribution >= 0.6 is 12.2 Å². The van der Waals surface area contributed by atoms with Crippen LogP contribution in [0.3, 0.4) is 0 Å². The Kier molecular flexibility index (Phi) is 6.08. The number of carbonyl (C=O) groups is 1. The number of urea groups is 1. The van der Waals surface area contributed by atoms with Gasteiger partial charge in [0.25, 0.3) is 0 Å². The summed E-state index contributed by atoms with van der Waals surface area (Å²) in [6, 6.07) is 7.08. The number of anilines is 1. The number of rotatable bonds is 7. The minimum Gasteiger partial charge on any atom is -0.338 e. The number of amides is 2. The summed E-state index contributed by atoms with van der Waals surface area (Å²) in [5.41, 5.74) is 1.44. The number of nitrogens with zero attached hydrogens (tertiary/aromatic N) is 3. The molecule has 118 valence electrons. The number of aromatic amines is 1. The highest BCUT2D eigenvalue weighted by atomic mass is 32.1. The minimum absolute atomic E-state index is 0.208. The summed E-state index contributed by atoms with van der Waals surface area (Å²) in [4.78, 5) is 11.8. The highest BCUT2D eigenvalue weighted by Crippen LogP contribution is 2.13. The van der Waals surface area contributed by atoms with Crippen molar-refractivity contribution in [2.75, 3.05) is 11.9 Å². The molecule has 2 aromatic rings. The van der Waals surface area contributed by atoms with Crippen molar-refractivity contribution in [3.63, 3.8) is 0 Å². The van der Waals surface area contributed by atoms with E-state index in [1.165, 1.54) is 12.8 Å². The molecule has 1 aromatic carbocycles. The number of hydrogen-bond donors (Lipinski definition) is 3. The van der Waals surface area contributed by atoms with Crippen LogP contribution in [0, 0.1) is 4.77 Å². The molecule has 0 atom stereocenters. The lowest BCUT2D eigenvalue weighted by Gasteiger charge is -2.09. The van der Waals surface area contributed by atoms with Crippen LogP contribution in [0.2, 0.25) is 0 Å². The second-order valence-corrected chi connectivity index (χ2v) is 5.28. The van der Waals surface area contributed by atoms with E-state index in [-0.39, 0.29) is 6.03 Å². The predicted octanol–water partition coefficient (Wildman–Crippen LogP) is 3.03. The lowest BCUT2D eigenvalue weighted by molar-refractivity contribution is 0.252. The van der Waals surface area contributed by atoms with Gasteiger partial charge in [-0.15, -0.1) is 0 Å². The van der Waals surface area contributed by atoms with E-state index < -0.39 is 0 Å². The Balaban J connectivity index is 1.89. The summed E-state index contributed by atoms with van der Waals surface area (Å²) < 4.78 is 1.89. The van der Waals surface area contributed by atoms with Crippen LogP contribution in [-0.2, 0) is 0 Å². The molecule has 3 N–H and O–H groups in total. The number of benzene rings is 1. The fourth-order valence-corrected chi connectivity index (χ4v) is 2.20. The molecule has 0 spiro atoms. The van der Waals surface area contributed by atoms with Gasteiger partial charge >= 0.3 is 6.03 Å². The molecule has 0 fully saturated rings. The van der Waals surface area contributed by atoms with Crippen LogP contribution < -0.4 is 10.6 Å². The quantitative estimate of drug-likeness (QED) is 0.540. The summed E-state index contributed by atoms with van der Waals surface area (Å²) in [5.74, 6) is 0. The Morgan fingerprint density at radius 2 is 2.23 bits per heavy atom. The first-order chi connectivity index (χ1) is 10.7. The monoisotopic (exact) mass is 320 g/mol. The normalized spacial score (nSPS) is 10.4. The van der Waals surface area contributed by atoms with Gasteiger partial charge in [-0.1, -0.05) is 42.6 Å². The number of hydrogen-bond acceptors (Lipinski definition) is 4. The van der Waals surface area contributed by atoms with Gasteiger partial charge in [0.1, 0.15) is 0 Å². The molecule has 0 unspecified atom stereocenters. The number of H-pyrrole nitrogens is 1. The predicted molar refractivity (Wildman–Crippen MR) is 87.7 cm³/mol. The van der Waals surface area contributed by atoms with Crippen LogP contribution in [0.15, 0.2) is 24.3 Å². The first-order valence-electron chi connectivity index (χ1n) is 7.36. The van der Waals surface area contributed by atoms with Gasteiger partial charge in [0.05, 0.1) is 5.69 Å². The molecule has 0 aliphatic heterocycles. The molecule has 0 aliphatic rings. The highest BCUT2D eigenvalue weighted by Gasteiger charge is 2.04. The Morgan fingerprint density at radius 1 is 1.36 bits per heavy atom. The molecule has 8 heteroatoms. The SMILES string of the molecule is CCCCCCNC(=O)Nc1cccc(-n2[nH]nnc2=S)c1. The minimum atomic E-state index is -0.208. The summed E-state index contributed by atoms with van der Waals surface area (Å²) in [5, 5.41) is 15.7. The molecule has 0 radical (unpaired) electrons. The van der Waals surface area contributed by atoms with Crippen molar-refractivity contribution in [1.82, 2.24) is 25.5 Å². The second kappa shape index (κ2) is 8.28. The van der Waals surface area contributed by atoms with Crippen LogP contribution in [-0.4, -0.2) is 32.8 Å². The van der Waals surface area contributed by atoms with Gasteiger partial charge in [0.15, 0.2) is 0 Å². The van der Waals surface area contributed by atoms with Crippen LogP contribution in [0.25, 0.3) is 5.69 Å². The smallest absolute Gasteiger partial charge is 0.319 e. The lowest BCUT2D eigenvalue weighted by atomic mass is 10.2. The Labute approximate surface area is 134 Å². The summed E-state index contributed by atoms with van der Waals surface area (Å²) >= 11 is 5.05. The van der Waals surface area contributed by atoms with E-state index in [4.69, 9.17) is 12.2 Å². The average Bonchev–Trinajstić information content (AvgIpc) is 2.93. The van der Waals surface area contributed by atoms with Gasteiger partial charge in [-0.05, 0) is 36.8 Å². The van der Waals surface area contributed by atoms with Crippen LogP contribution in [0.5, 0.6) is 0 Å². The standard InChI is InChI=1S/C14H20N6OS/c1-2-3-4-5-9-15-13(21)16-11-7-6-8-12(10-11)20-14(22)17-18-19-20/h6-8,10H,2-5,9H2,1H3,(H2,15,16,21)(H,17,19,22). The largest absolute Gasteiger partial charge is 0.338 e.